The SMILES string of the molecule is CCCN(CC(=O)NC)C(=O)c1cc(F)cc(N)c1F. The molecule has 0 saturated carbocycles. The predicted octanol–water partition coefficient (Wildman–Crippen LogP) is 1.15. The molecule has 0 saturated heterocycles. The van der Waals surface area contributed by atoms with Crippen LogP contribution in [-0.2, 0) is 4.79 Å². The van der Waals surface area contributed by atoms with Crippen LogP contribution in [0, 0.1) is 11.6 Å². The molecule has 0 bridgehead atoms. The number of likely N-dealkylation sites (N-methyl/N-ethyl adjacent to an activating group) is 1. The number of nitrogens with zero attached hydrogens (tertiary/aromatic N) is 1. The van der Waals surface area contributed by atoms with E-state index in [0.717, 1.165) is 17.0 Å². The molecule has 0 aromatic heterocycles. The Kier molecular flexibility index (Phi) is 5.42. The fourth-order valence-corrected chi connectivity index (χ4v) is 1.71. The summed E-state index contributed by atoms with van der Waals surface area (Å²) in [5.41, 5.74) is 4.38. The van der Waals surface area contributed by atoms with Crippen molar-refractivity contribution in [1.82, 2.24) is 10.2 Å². The minimum atomic E-state index is -0.977. The lowest BCUT2D eigenvalue weighted by atomic mass is 10.1. The number of rotatable bonds is 5. The molecule has 0 aliphatic rings. The fourth-order valence-electron chi connectivity index (χ4n) is 1.71. The van der Waals surface area contributed by atoms with E-state index in [1.54, 1.807) is 6.92 Å². The zero-order valence-corrected chi connectivity index (χ0v) is 11.4. The number of amides is 2. The second kappa shape index (κ2) is 6.83. The van der Waals surface area contributed by atoms with Gasteiger partial charge in [0.25, 0.3) is 5.91 Å². The predicted molar refractivity (Wildman–Crippen MR) is 71.0 cm³/mol. The van der Waals surface area contributed by atoms with Crippen LogP contribution in [0.5, 0.6) is 0 Å². The van der Waals surface area contributed by atoms with E-state index < -0.39 is 34.7 Å². The second-order valence-electron chi connectivity index (χ2n) is 4.26. The summed E-state index contributed by atoms with van der Waals surface area (Å²) in [5.74, 6) is -2.94. The van der Waals surface area contributed by atoms with E-state index in [1.165, 1.54) is 7.05 Å². The van der Waals surface area contributed by atoms with Gasteiger partial charge in [-0.3, -0.25) is 9.59 Å². The Hall–Kier alpha value is -2.18. The lowest BCUT2D eigenvalue weighted by Crippen LogP contribution is -2.40. The Labute approximate surface area is 115 Å². The smallest absolute Gasteiger partial charge is 0.257 e. The van der Waals surface area contributed by atoms with E-state index >= 15 is 0 Å². The van der Waals surface area contributed by atoms with Gasteiger partial charge in [0, 0.05) is 13.6 Å². The number of carbonyl (C=O) groups is 2. The molecule has 0 aliphatic heterocycles. The van der Waals surface area contributed by atoms with E-state index in [2.05, 4.69) is 5.32 Å². The van der Waals surface area contributed by atoms with Crippen molar-refractivity contribution in [3.8, 4) is 0 Å². The molecule has 7 heteroatoms. The van der Waals surface area contributed by atoms with Crippen LogP contribution in [0.1, 0.15) is 23.7 Å². The molecule has 1 rings (SSSR count). The zero-order chi connectivity index (χ0) is 15.3. The van der Waals surface area contributed by atoms with Crippen LogP contribution in [0.4, 0.5) is 14.5 Å². The number of anilines is 1. The molecule has 0 fully saturated rings. The quantitative estimate of drug-likeness (QED) is 0.797. The van der Waals surface area contributed by atoms with E-state index in [1.807, 2.05) is 0 Å². The minimum Gasteiger partial charge on any atom is -0.396 e. The Balaban J connectivity index is 3.09. The fraction of sp³-hybridized carbons (Fsp3) is 0.385. The summed E-state index contributed by atoms with van der Waals surface area (Å²) in [5, 5.41) is 2.37. The summed E-state index contributed by atoms with van der Waals surface area (Å²) in [6.07, 6.45) is 0.579. The van der Waals surface area contributed by atoms with Crippen molar-refractivity contribution in [3.63, 3.8) is 0 Å². The van der Waals surface area contributed by atoms with Crippen molar-refractivity contribution in [2.45, 2.75) is 13.3 Å². The normalized spacial score (nSPS) is 10.2. The third-order valence-corrected chi connectivity index (χ3v) is 2.69. The van der Waals surface area contributed by atoms with E-state index in [9.17, 15) is 18.4 Å². The van der Waals surface area contributed by atoms with Gasteiger partial charge in [-0.05, 0) is 18.6 Å². The van der Waals surface area contributed by atoms with Gasteiger partial charge in [0.1, 0.15) is 5.82 Å². The molecule has 0 radical (unpaired) electrons. The maximum atomic E-state index is 13.8. The number of halogens is 2. The van der Waals surface area contributed by atoms with Gasteiger partial charge in [-0.1, -0.05) is 6.92 Å². The highest BCUT2D eigenvalue weighted by atomic mass is 19.1. The molecular weight excluding hydrogens is 268 g/mol. The molecule has 0 heterocycles. The van der Waals surface area contributed by atoms with E-state index in [-0.39, 0.29) is 13.1 Å². The number of nitrogens with two attached hydrogens (primary N) is 1. The third-order valence-electron chi connectivity index (χ3n) is 2.69. The van der Waals surface area contributed by atoms with Gasteiger partial charge in [0.15, 0.2) is 5.82 Å². The lowest BCUT2D eigenvalue weighted by Gasteiger charge is -2.21. The maximum absolute atomic E-state index is 13.8. The van der Waals surface area contributed by atoms with Gasteiger partial charge in [-0.2, -0.15) is 0 Å². The Morgan fingerprint density at radius 1 is 1.35 bits per heavy atom. The molecular formula is C13H17F2N3O2. The van der Waals surface area contributed by atoms with Crippen LogP contribution in [0.15, 0.2) is 12.1 Å². The van der Waals surface area contributed by atoms with Crippen LogP contribution < -0.4 is 11.1 Å². The first-order valence-corrected chi connectivity index (χ1v) is 6.15. The highest BCUT2D eigenvalue weighted by Crippen LogP contribution is 2.19. The first-order valence-electron chi connectivity index (χ1n) is 6.15. The largest absolute Gasteiger partial charge is 0.396 e. The summed E-state index contributed by atoms with van der Waals surface area (Å²) < 4.78 is 27.1. The highest BCUT2D eigenvalue weighted by Gasteiger charge is 2.22. The molecule has 0 unspecified atom stereocenters. The van der Waals surface area contributed by atoms with Gasteiger partial charge < -0.3 is 16.0 Å². The number of benzene rings is 1. The van der Waals surface area contributed by atoms with Crippen molar-refractivity contribution in [1.29, 1.82) is 0 Å². The van der Waals surface area contributed by atoms with Gasteiger partial charge in [0.2, 0.25) is 5.91 Å². The van der Waals surface area contributed by atoms with Crippen molar-refractivity contribution in [2.24, 2.45) is 0 Å². The number of hydrogen-bond donors (Lipinski definition) is 2. The van der Waals surface area contributed by atoms with Crippen LogP contribution in [0.25, 0.3) is 0 Å². The summed E-state index contributed by atoms with van der Waals surface area (Å²) >= 11 is 0. The Bertz CT molecular complexity index is 521. The van der Waals surface area contributed by atoms with Gasteiger partial charge in [-0.15, -0.1) is 0 Å². The molecule has 20 heavy (non-hydrogen) atoms. The van der Waals surface area contributed by atoms with Gasteiger partial charge in [-0.25, -0.2) is 8.78 Å². The Morgan fingerprint density at radius 2 is 2.00 bits per heavy atom. The van der Waals surface area contributed by atoms with E-state index in [4.69, 9.17) is 5.73 Å². The average Bonchev–Trinajstić information content (AvgIpc) is 2.41. The molecule has 0 spiro atoms. The third kappa shape index (κ3) is 3.66. The van der Waals surface area contributed by atoms with Crippen molar-refractivity contribution in [2.75, 3.05) is 25.9 Å². The number of nitrogens with one attached hydrogen (secondary N) is 1. The summed E-state index contributed by atoms with van der Waals surface area (Å²) in [6.45, 7) is 1.83. The molecule has 2 amide bonds. The Morgan fingerprint density at radius 3 is 2.55 bits per heavy atom. The number of nitrogen functional groups attached to an aromatic ring is 1. The van der Waals surface area contributed by atoms with Gasteiger partial charge >= 0.3 is 0 Å². The van der Waals surface area contributed by atoms with Gasteiger partial charge in [0.05, 0.1) is 17.8 Å². The van der Waals surface area contributed by atoms with Crippen LogP contribution in [-0.4, -0.2) is 36.9 Å². The summed E-state index contributed by atoms with van der Waals surface area (Å²) in [4.78, 5) is 24.7. The maximum Gasteiger partial charge on any atom is 0.257 e. The number of hydrogen-bond acceptors (Lipinski definition) is 3. The molecule has 1 aromatic carbocycles. The van der Waals surface area contributed by atoms with Crippen LogP contribution >= 0.6 is 0 Å². The zero-order valence-electron chi connectivity index (χ0n) is 11.4. The first kappa shape index (κ1) is 15.9. The molecule has 5 nitrogen and oxygen atoms in total. The van der Waals surface area contributed by atoms with Crippen molar-refractivity contribution < 1.29 is 18.4 Å². The van der Waals surface area contributed by atoms with Crippen molar-refractivity contribution in [3.05, 3.63) is 29.3 Å². The molecule has 3 N–H and O–H groups in total. The molecule has 1 aromatic rings. The first-order chi connectivity index (χ1) is 9.40. The molecule has 0 atom stereocenters. The monoisotopic (exact) mass is 285 g/mol. The minimum absolute atomic E-state index is 0.223. The number of carbonyl (C=O) groups excluding carboxylic acids is 2. The lowest BCUT2D eigenvalue weighted by molar-refractivity contribution is -0.121. The average molecular weight is 285 g/mol. The van der Waals surface area contributed by atoms with Crippen molar-refractivity contribution >= 4 is 17.5 Å². The molecule has 0 aliphatic carbocycles. The second-order valence-corrected chi connectivity index (χ2v) is 4.26. The topological polar surface area (TPSA) is 75.4 Å². The summed E-state index contributed by atoms with van der Waals surface area (Å²) in [6, 6.07) is 1.58. The highest BCUT2D eigenvalue weighted by molar-refractivity contribution is 5.97. The van der Waals surface area contributed by atoms with Crippen LogP contribution in [0.2, 0.25) is 0 Å². The van der Waals surface area contributed by atoms with E-state index in [0.29, 0.717) is 6.42 Å². The standard InChI is InChI=1S/C13H17F2N3O2/c1-3-4-18(7-11(19)17-2)13(20)9-5-8(14)6-10(16)12(9)15/h5-6H,3-4,7,16H2,1-2H3,(H,17,19). The molecule has 110 valence electrons. The summed E-state index contributed by atoms with van der Waals surface area (Å²) in [7, 11) is 1.43. The van der Waals surface area contributed by atoms with Crippen LogP contribution in [0.3, 0.4) is 0 Å².